The molecule has 0 amide bonds. The van der Waals surface area contributed by atoms with Crippen LogP contribution in [0.4, 0.5) is 5.69 Å². The number of anilines is 1. The van der Waals surface area contributed by atoms with Gasteiger partial charge in [0, 0.05) is 24.8 Å². The molecule has 1 fully saturated rings. The molecule has 0 saturated heterocycles. The summed E-state index contributed by atoms with van der Waals surface area (Å²) in [4.78, 5) is 13.5. The molecule has 2 N–H and O–H groups in total. The van der Waals surface area contributed by atoms with Crippen LogP contribution in [0.25, 0.3) is 0 Å². The predicted octanol–water partition coefficient (Wildman–Crippen LogP) is 2.05. The molecule has 6 heteroatoms. The van der Waals surface area contributed by atoms with Gasteiger partial charge in [0.25, 0.3) is 5.56 Å². The SMILES string of the molecule is O=c1[nH]ncc(N2C=CC(NC3CCCCC3)C2)c1Cl. The van der Waals surface area contributed by atoms with Crippen molar-refractivity contribution < 1.29 is 0 Å². The van der Waals surface area contributed by atoms with Crippen LogP contribution in [0, 0.1) is 0 Å². The largest absolute Gasteiger partial charge is 0.344 e. The summed E-state index contributed by atoms with van der Waals surface area (Å²) in [5.74, 6) is 0. The quantitative estimate of drug-likeness (QED) is 0.896. The van der Waals surface area contributed by atoms with Crippen molar-refractivity contribution in [2.24, 2.45) is 0 Å². The summed E-state index contributed by atoms with van der Waals surface area (Å²) >= 11 is 6.03. The van der Waals surface area contributed by atoms with Crippen molar-refractivity contribution in [2.75, 3.05) is 11.4 Å². The first kappa shape index (κ1) is 13.6. The lowest BCUT2D eigenvalue weighted by Crippen LogP contribution is -2.41. The van der Waals surface area contributed by atoms with Crippen LogP contribution in [-0.2, 0) is 0 Å². The fourth-order valence-corrected chi connectivity index (χ4v) is 3.17. The maximum atomic E-state index is 11.5. The van der Waals surface area contributed by atoms with E-state index in [1.807, 2.05) is 11.1 Å². The lowest BCUT2D eigenvalue weighted by Gasteiger charge is -2.26. The Bertz CT molecular complexity index is 550. The normalized spacial score (nSPS) is 23.4. The molecule has 1 aromatic heterocycles. The second-order valence-corrected chi connectivity index (χ2v) is 5.88. The van der Waals surface area contributed by atoms with E-state index in [1.54, 1.807) is 6.20 Å². The third kappa shape index (κ3) is 2.88. The Kier molecular flexibility index (Phi) is 4.08. The van der Waals surface area contributed by atoms with Gasteiger partial charge in [0.2, 0.25) is 0 Å². The first-order valence-electron chi connectivity index (χ1n) is 7.18. The van der Waals surface area contributed by atoms with Crippen LogP contribution in [0.5, 0.6) is 0 Å². The molecule has 1 saturated carbocycles. The van der Waals surface area contributed by atoms with E-state index in [0.29, 0.717) is 17.8 Å². The standard InChI is InChI=1S/C14H19ClN4O/c15-13-12(8-16-18-14(13)20)19-7-6-11(9-19)17-10-4-2-1-3-5-10/h6-8,10-11,17H,1-5,9H2,(H,18,20). The first-order chi connectivity index (χ1) is 9.74. The molecule has 3 rings (SSSR count). The molecule has 0 bridgehead atoms. The van der Waals surface area contributed by atoms with Gasteiger partial charge in [-0.25, -0.2) is 5.10 Å². The Hall–Kier alpha value is -1.33. The number of hydrogen-bond donors (Lipinski definition) is 2. The van der Waals surface area contributed by atoms with Crippen LogP contribution >= 0.6 is 11.6 Å². The van der Waals surface area contributed by atoms with Crippen molar-refractivity contribution in [3.63, 3.8) is 0 Å². The van der Waals surface area contributed by atoms with Crippen molar-refractivity contribution >= 4 is 17.3 Å². The molecule has 1 aliphatic heterocycles. The molecule has 1 aliphatic carbocycles. The van der Waals surface area contributed by atoms with Crippen molar-refractivity contribution in [2.45, 2.75) is 44.2 Å². The Balaban J connectivity index is 1.63. The number of hydrogen-bond acceptors (Lipinski definition) is 4. The Morgan fingerprint density at radius 2 is 2.15 bits per heavy atom. The molecule has 0 aromatic carbocycles. The summed E-state index contributed by atoms with van der Waals surface area (Å²) in [6.07, 6.45) is 12.2. The monoisotopic (exact) mass is 294 g/mol. The van der Waals surface area contributed by atoms with Crippen LogP contribution in [-0.4, -0.2) is 28.8 Å². The third-order valence-corrected chi connectivity index (χ3v) is 4.40. The molecule has 2 aliphatic rings. The minimum Gasteiger partial charge on any atom is -0.344 e. The van der Waals surface area contributed by atoms with E-state index in [0.717, 1.165) is 6.54 Å². The zero-order valence-electron chi connectivity index (χ0n) is 11.3. The lowest BCUT2D eigenvalue weighted by atomic mass is 9.95. The summed E-state index contributed by atoms with van der Waals surface area (Å²) in [6.45, 7) is 0.793. The van der Waals surface area contributed by atoms with Crippen molar-refractivity contribution in [3.05, 3.63) is 33.8 Å². The van der Waals surface area contributed by atoms with Gasteiger partial charge in [0.15, 0.2) is 0 Å². The third-order valence-electron chi connectivity index (χ3n) is 4.03. The molecule has 20 heavy (non-hydrogen) atoms. The van der Waals surface area contributed by atoms with Gasteiger partial charge in [-0.15, -0.1) is 0 Å². The molecule has 1 atom stereocenters. The van der Waals surface area contributed by atoms with Crippen molar-refractivity contribution in [1.82, 2.24) is 15.5 Å². The van der Waals surface area contributed by atoms with Gasteiger partial charge < -0.3 is 10.2 Å². The maximum Gasteiger partial charge on any atom is 0.285 e. The van der Waals surface area contributed by atoms with Crippen LogP contribution in [0.3, 0.4) is 0 Å². The van der Waals surface area contributed by atoms with Gasteiger partial charge in [0.05, 0.1) is 11.9 Å². The molecular weight excluding hydrogens is 276 g/mol. The first-order valence-corrected chi connectivity index (χ1v) is 7.56. The van der Waals surface area contributed by atoms with Gasteiger partial charge in [0.1, 0.15) is 5.02 Å². The second kappa shape index (κ2) is 5.97. The van der Waals surface area contributed by atoms with Crippen molar-refractivity contribution in [1.29, 1.82) is 0 Å². The fourth-order valence-electron chi connectivity index (χ4n) is 2.97. The smallest absolute Gasteiger partial charge is 0.285 e. The van der Waals surface area contributed by atoms with E-state index in [4.69, 9.17) is 11.6 Å². The van der Waals surface area contributed by atoms with Crippen molar-refractivity contribution in [3.8, 4) is 0 Å². The van der Waals surface area contributed by atoms with Crippen LogP contribution in [0.15, 0.2) is 23.3 Å². The molecule has 5 nitrogen and oxygen atoms in total. The van der Waals surface area contributed by atoms with E-state index in [1.165, 1.54) is 32.1 Å². The van der Waals surface area contributed by atoms with E-state index in [9.17, 15) is 4.79 Å². The summed E-state index contributed by atoms with van der Waals surface area (Å²) < 4.78 is 0. The number of rotatable bonds is 3. The average Bonchev–Trinajstić information content (AvgIpc) is 2.91. The molecule has 1 unspecified atom stereocenters. The summed E-state index contributed by atoms with van der Waals surface area (Å²) in [5, 5.41) is 10.0. The topological polar surface area (TPSA) is 61.0 Å². The van der Waals surface area contributed by atoms with E-state index < -0.39 is 0 Å². The van der Waals surface area contributed by atoms with E-state index >= 15 is 0 Å². The number of halogens is 1. The highest BCUT2D eigenvalue weighted by atomic mass is 35.5. The highest BCUT2D eigenvalue weighted by Crippen LogP contribution is 2.25. The molecule has 2 heterocycles. The number of H-pyrrole nitrogens is 1. The van der Waals surface area contributed by atoms with Gasteiger partial charge in [-0.3, -0.25) is 4.79 Å². The molecule has 1 aromatic rings. The Morgan fingerprint density at radius 3 is 2.95 bits per heavy atom. The molecular formula is C14H19ClN4O. The maximum absolute atomic E-state index is 11.5. The average molecular weight is 295 g/mol. The Morgan fingerprint density at radius 1 is 1.35 bits per heavy atom. The molecule has 0 radical (unpaired) electrons. The number of aromatic nitrogens is 2. The summed E-state index contributed by atoms with van der Waals surface area (Å²) in [5.41, 5.74) is 0.320. The highest BCUT2D eigenvalue weighted by molar-refractivity contribution is 6.33. The number of nitrogens with one attached hydrogen (secondary N) is 2. The number of nitrogens with zero attached hydrogens (tertiary/aromatic N) is 2. The molecule has 108 valence electrons. The minimum absolute atomic E-state index is 0.197. The minimum atomic E-state index is -0.346. The highest BCUT2D eigenvalue weighted by Gasteiger charge is 2.23. The van der Waals surface area contributed by atoms with Gasteiger partial charge in [-0.05, 0) is 18.9 Å². The van der Waals surface area contributed by atoms with Gasteiger partial charge >= 0.3 is 0 Å². The Labute approximate surface area is 123 Å². The zero-order valence-corrected chi connectivity index (χ0v) is 12.1. The van der Waals surface area contributed by atoms with Crippen LogP contribution in [0.2, 0.25) is 5.02 Å². The molecule has 0 spiro atoms. The van der Waals surface area contributed by atoms with E-state index in [-0.39, 0.29) is 10.6 Å². The van der Waals surface area contributed by atoms with E-state index in [2.05, 4.69) is 21.6 Å². The van der Waals surface area contributed by atoms with Crippen LogP contribution < -0.4 is 15.8 Å². The summed E-state index contributed by atoms with van der Waals surface area (Å²) in [6, 6.07) is 0.930. The predicted molar refractivity (Wildman–Crippen MR) is 80.2 cm³/mol. The number of aromatic amines is 1. The summed E-state index contributed by atoms with van der Waals surface area (Å²) in [7, 11) is 0. The van der Waals surface area contributed by atoms with Gasteiger partial charge in [-0.2, -0.15) is 5.10 Å². The zero-order chi connectivity index (χ0) is 13.9. The van der Waals surface area contributed by atoms with Crippen LogP contribution in [0.1, 0.15) is 32.1 Å². The second-order valence-electron chi connectivity index (χ2n) is 5.50. The van der Waals surface area contributed by atoms with Gasteiger partial charge in [-0.1, -0.05) is 30.9 Å². The fraction of sp³-hybridized carbons (Fsp3) is 0.571. The lowest BCUT2D eigenvalue weighted by molar-refractivity contribution is 0.359.